The topological polar surface area (TPSA) is 54.5 Å². The van der Waals surface area contributed by atoms with Crippen LogP contribution in [0.15, 0.2) is 143 Å². The number of rotatable bonds is 2. The zero-order valence-electron chi connectivity index (χ0n) is 22.7. The maximum absolute atomic E-state index is 6.48. The number of fused-ring (bicyclic) bond motifs is 8. The van der Waals surface area contributed by atoms with Crippen LogP contribution in [0.1, 0.15) is 23.5 Å². The smallest absolute Gasteiger partial charge is 0.206 e. The lowest BCUT2D eigenvalue weighted by Crippen LogP contribution is -2.47. The number of hydrogen-bond donors (Lipinski definition) is 2. The van der Waals surface area contributed by atoms with E-state index < -0.39 is 0 Å². The lowest BCUT2D eigenvalue weighted by molar-refractivity contribution is 0.402. The van der Waals surface area contributed by atoms with Gasteiger partial charge in [0.2, 0.25) is 5.96 Å². The Bertz CT molecular complexity index is 2330. The summed E-state index contributed by atoms with van der Waals surface area (Å²) in [6.07, 6.45) is -0.517. The average Bonchev–Trinajstić information content (AvgIpc) is 3.61. The van der Waals surface area contributed by atoms with Crippen molar-refractivity contribution in [2.24, 2.45) is 4.99 Å². The lowest BCUT2D eigenvalue weighted by Gasteiger charge is -2.32. The van der Waals surface area contributed by atoms with Crippen molar-refractivity contribution in [2.75, 3.05) is 0 Å². The van der Waals surface area contributed by atoms with E-state index in [0.29, 0.717) is 0 Å². The van der Waals surface area contributed by atoms with Crippen molar-refractivity contribution in [3.05, 3.63) is 145 Å². The Balaban J connectivity index is 1.31. The normalized spacial score (nSPS) is 17.3. The van der Waals surface area contributed by atoms with Gasteiger partial charge in [0.25, 0.3) is 0 Å². The van der Waals surface area contributed by atoms with Crippen LogP contribution in [-0.2, 0) is 0 Å². The van der Waals surface area contributed by atoms with E-state index in [-0.39, 0.29) is 12.3 Å². The second-order valence-corrected chi connectivity index (χ2v) is 10.9. The molecule has 9 rings (SSSR count). The maximum Gasteiger partial charge on any atom is 0.206 e. The van der Waals surface area contributed by atoms with Crippen molar-refractivity contribution in [1.82, 2.24) is 15.2 Å². The molecule has 5 nitrogen and oxygen atoms in total. The van der Waals surface area contributed by atoms with Crippen molar-refractivity contribution in [3.63, 3.8) is 0 Å². The van der Waals surface area contributed by atoms with Crippen molar-refractivity contribution in [1.29, 1.82) is 0 Å². The summed E-state index contributed by atoms with van der Waals surface area (Å²) in [4.78, 5) is 5.33. The van der Waals surface area contributed by atoms with E-state index >= 15 is 0 Å². The van der Waals surface area contributed by atoms with Crippen molar-refractivity contribution >= 4 is 60.5 Å². The lowest BCUT2D eigenvalue weighted by atomic mass is 10.1. The van der Waals surface area contributed by atoms with E-state index in [0.717, 1.165) is 50.1 Å². The van der Waals surface area contributed by atoms with Crippen molar-refractivity contribution < 1.29 is 4.42 Å². The van der Waals surface area contributed by atoms with E-state index in [1.54, 1.807) is 0 Å². The predicted molar refractivity (Wildman–Crippen MR) is 172 cm³/mol. The molecule has 2 aromatic heterocycles. The molecule has 0 saturated heterocycles. The molecule has 8 aromatic rings. The van der Waals surface area contributed by atoms with Gasteiger partial charge in [-0.05, 0) is 23.1 Å². The second-order valence-electron chi connectivity index (χ2n) is 10.9. The van der Waals surface area contributed by atoms with Crippen molar-refractivity contribution in [3.8, 4) is 0 Å². The molecule has 1 aliphatic heterocycles. The van der Waals surface area contributed by atoms with Crippen LogP contribution >= 0.6 is 0 Å². The summed E-state index contributed by atoms with van der Waals surface area (Å²) in [6, 6.07) is 46.7. The summed E-state index contributed by atoms with van der Waals surface area (Å²) in [7, 11) is 0. The second kappa shape index (κ2) is 9.06. The number of nitrogens with zero attached hydrogens (tertiary/aromatic N) is 2. The van der Waals surface area contributed by atoms with E-state index in [1.165, 1.54) is 21.5 Å². The number of hydrogen-bond acceptors (Lipinski definition) is 4. The van der Waals surface area contributed by atoms with Gasteiger partial charge >= 0.3 is 0 Å². The summed E-state index contributed by atoms with van der Waals surface area (Å²) in [6.45, 7) is 0. The molecule has 0 spiro atoms. The third-order valence-corrected chi connectivity index (χ3v) is 8.48. The summed E-state index contributed by atoms with van der Waals surface area (Å²) in [5.74, 6) is 0.795. The average molecular weight is 543 g/mol. The summed E-state index contributed by atoms with van der Waals surface area (Å²) in [5, 5.41) is 14.6. The highest BCUT2D eigenvalue weighted by Gasteiger charge is 2.29. The number of para-hydroxylation sites is 3. The SMILES string of the molecule is c1ccc(C2N=C(n3c4ccccc4c4ccc5ccccc5c43)NC(c3cccc4c3oc3ccccc34)N2)cc1. The molecule has 1 aliphatic rings. The first-order valence-electron chi connectivity index (χ1n) is 14.3. The molecule has 0 amide bonds. The van der Waals surface area contributed by atoms with Gasteiger partial charge in [0, 0.05) is 32.5 Å². The zero-order chi connectivity index (χ0) is 27.6. The van der Waals surface area contributed by atoms with Gasteiger partial charge in [-0.2, -0.15) is 0 Å². The van der Waals surface area contributed by atoms with Crippen LogP contribution in [0.4, 0.5) is 0 Å². The number of nitrogens with one attached hydrogen (secondary N) is 2. The van der Waals surface area contributed by atoms with Gasteiger partial charge in [0.1, 0.15) is 23.5 Å². The van der Waals surface area contributed by atoms with Crippen LogP contribution in [0.25, 0.3) is 54.5 Å². The van der Waals surface area contributed by atoms with Crippen molar-refractivity contribution in [2.45, 2.75) is 12.3 Å². The summed E-state index contributed by atoms with van der Waals surface area (Å²) in [5.41, 5.74) is 6.17. The molecule has 200 valence electrons. The molecular formula is C37H26N4O. The van der Waals surface area contributed by atoms with E-state index in [9.17, 15) is 0 Å². The van der Waals surface area contributed by atoms with E-state index in [2.05, 4.69) is 130 Å². The maximum atomic E-state index is 6.48. The van der Waals surface area contributed by atoms with Gasteiger partial charge in [-0.1, -0.05) is 121 Å². The fourth-order valence-corrected chi connectivity index (χ4v) is 6.57. The van der Waals surface area contributed by atoms with Crippen LogP contribution in [0.2, 0.25) is 0 Å². The summed E-state index contributed by atoms with van der Waals surface area (Å²) < 4.78 is 8.78. The monoisotopic (exact) mass is 542 g/mol. The van der Waals surface area contributed by atoms with Crippen LogP contribution in [0.3, 0.4) is 0 Å². The minimum atomic E-state index is -0.265. The molecule has 42 heavy (non-hydrogen) atoms. The highest BCUT2D eigenvalue weighted by molar-refractivity contribution is 6.21. The molecule has 2 atom stereocenters. The van der Waals surface area contributed by atoms with Gasteiger partial charge in [-0.25, -0.2) is 4.99 Å². The fraction of sp³-hybridized carbons (Fsp3) is 0.0541. The third kappa shape index (κ3) is 3.44. The van der Waals surface area contributed by atoms with Crippen LogP contribution in [-0.4, -0.2) is 10.5 Å². The highest BCUT2D eigenvalue weighted by Crippen LogP contribution is 2.37. The Labute approximate surface area is 241 Å². The Kier molecular flexibility index (Phi) is 5.03. The minimum absolute atomic E-state index is 0.252. The molecule has 2 unspecified atom stereocenters. The van der Waals surface area contributed by atoms with Gasteiger partial charge < -0.3 is 9.73 Å². The number of aliphatic imine (C=N–C) groups is 1. The molecule has 6 aromatic carbocycles. The minimum Gasteiger partial charge on any atom is -0.456 e. The third-order valence-electron chi connectivity index (χ3n) is 8.48. The largest absolute Gasteiger partial charge is 0.456 e. The predicted octanol–water partition coefficient (Wildman–Crippen LogP) is 8.64. The zero-order valence-corrected chi connectivity index (χ0v) is 22.7. The van der Waals surface area contributed by atoms with E-state index in [4.69, 9.17) is 9.41 Å². The fourth-order valence-electron chi connectivity index (χ4n) is 6.57. The van der Waals surface area contributed by atoms with Crippen LogP contribution in [0, 0.1) is 0 Å². The molecule has 0 radical (unpaired) electrons. The Morgan fingerprint density at radius 1 is 0.595 bits per heavy atom. The van der Waals surface area contributed by atoms with Gasteiger partial charge in [-0.3, -0.25) is 9.88 Å². The Hall–Kier alpha value is -5.39. The molecular weight excluding hydrogens is 516 g/mol. The first-order valence-corrected chi connectivity index (χ1v) is 14.3. The number of aromatic nitrogens is 1. The summed E-state index contributed by atoms with van der Waals surface area (Å²) >= 11 is 0. The molecule has 0 bridgehead atoms. The van der Waals surface area contributed by atoms with Crippen LogP contribution < -0.4 is 10.6 Å². The van der Waals surface area contributed by atoms with Gasteiger partial charge in [-0.15, -0.1) is 0 Å². The Morgan fingerprint density at radius 2 is 1.33 bits per heavy atom. The Morgan fingerprint density at radius 3 is 2.24 bits per heavy atom. The number of furan rings is 1. The standard InChI is InChI=1S/C37H26N4O/c1-2-12-24(13-3-1)35-38-36(30-18-10-17-29-27-16-7-9-20-32(27)42-34(29)30)40-37(39-35)41-31-19-8-6-15-26(31)28-22-21-23-11-4-5-14-25(23)33(28)41/h1-22,35-36,38H,(H,39,40). The number of benzene rings is 6. The highest BCUT2D eigenvalue weighted by atomic mass is 16.3. The molecule has 3 heterocycles. The first kappa shape index (κ1) is 23.3. The van der Waals surface area contributed by atoms with Gasteiger partial charge in [0.15, 0.2) is 0 Å². The molecule has 0 saturated carbocycles. The first-order chi connectivity index (χ1) is 20.8. The van der Waals surface area contributed by atoms with Gasteiger partial charge in [0.05, 0.1) is 11.0 Å². The molecule has 0 fully saturated rings. The quantitative estimate of drug-likeness (QED) is 0.230. The van der Waals surface area contributed by atoms with E-state index in [1.807, 2.05) is 18.2 Å². The molecule has 0 aliphatic carbocycles. The van der Waals surface area contributed by atoms with Crippen LogP contribution in [0.5, 0.6) is 0 Å². The molecule has 2 N–H and O–H groups in total. The molecule has 5 heteroatoms.